The van der Waals surface area contributed by atoms with Gasteiger partial charge in [-0.1, -0.05) is 25.1 Å². The van der Waals surface area contributed by atoms with E-state index in [1.54, 1.807) is 26.2 Å². The molecule has 0 aromatic heterocycles. The number of carbonyl (C=O) groups is 1. The number of anilines is 1. The van der Waals surface area contributed by atoms with E-state index < -0.39 is 16.1 Å². The standard InChI is InChI=1S/C21H28N2O4S/c1-6-20(21(24)22-14-17-8-11-19(27-4)12-9-17)23(28(5,25)26)18-10-7-15(2)16(3)13-18/h7-13,20H,6,14H2,1-5H3,(H,22,24). The lowest BCUT2D eigenvalue weighted by Crippen LogP contribution is -2.49. The number of benzene rings is 2. The van der Waals surface area contributed by atoms with Crippen molar-refractivity contribution in [2.45, 2.75) is 39.8 Å². The molecular weight excluding hydrogens is 376 g/mol. The largest absolute Gasteiger partial charge is 0.497 e. The van der Waals surface area contributed by atoms with E-state index in [4.69, 9.17) is 4.74 Å². The van der Waals surface area contributed by atoms with Gasteiger partial charge in [0.05, 0.1) is 19.1 Å². The van der Waals surface area contributed by atoms with Crippen LogP contribution in [0.15, 0.2) is 42.5 Å². The van der Waals surface area contributed by atoms with Crippen molar-refractivity contribution in [2.24, 2.45) is 0 Å². The second-order valence-corrected chi connectivity index (χ2v) is 8.68. The van der Waals surface area contributed by atoms with Crippen molar-refractivity contribution in [3.05, 3.63) is 59.2 Å². The first-order valence-electron chi connectivity index (χ1n) is 9.14. The summed E-state index contributed by atoms with van der Waals surface area (Å²) in [7, 11) is -2.05. The minimum absolute atomic E-state index is 0.309. The van der Waals surface area contributed by atoms with Crippen LogP contribution in [0.5, 0.6) is 5.75 Å². The van der Waals surface area contributed by atoms with Gasteiger partial charge >= 0.3 is 0 Å². The summed E-state index contributed by atoms with van der Waals surface area (Å²) in [6.45, 7) is 5.99. The highest BCUT2D eigenvalue weighted by atomic mass is 32.2. The van der Waals surface area contributed by atoms with Crippen LogP contribution in [-0.4, -0.2) is 33.7 Å². The molecule has 0 bridgehead atoms. The third-order valence-corrected chi connectivity index (χ3v) is 5.88. The van der Waals surface area contributed by atoms with Gasteiger partial charge in [0.25, 0.3) is 0 Å². The molecule has 1 amide bonds. The number of methoxy groups -OCH3 is 1. The van der Waals surface area contributed by atoms with Gasteiger partial charge in [-0.05, 0) is 61.2 Å². The van der Waals surface area contributed by atoms with Gasteiger partial charge in [0.15, 0.2) is 0 Å². The second kappa shape index (κ2) is 9.10. The molecule has 1 N–H and O–H groups in total. The minimum Gasteiger partial charge on any atom is -0.497 e. The van der Waals surface area contributed by atoms with Crippen LogP contribution in [0, 0.1) is 13.8 Å². The van der Waals surface area contributed by atoms with Crippen molar-refractivity contribution < 1.29 is 17.9 Å². The Kier molecular flexibility index (Phi) is 7.07. The van der Waals surface area contributed by atoms with Crippen LogP contribution >= 0.6 is 0 Å². The fourth-order valence-corrected chi connectivity index (χ4v) is 4.18. The second-order valence-electron chi connectivity index (χ2n) is 6.82. The van der Waals surface area contributed by atoms with Gasteiger partial charge in [0.2, 0.25) is 15.9 Å². The van der Waals surface area contributed by atoms with E-state index in [-0.39, 0.29) is 5.91 Å². The number of sulfonamides is 1. The lowest BCUT2D eigenvalue weighted by atomic mass is 10.1. The van der Waals surface area contributed by atoms with Gasteiger partial charge in [0, 0.05) is 6.54 Å². The summed E-state index contributed by atoms with van der Waals surface area (Å²) in [4.78, 5) is 12.8. The summed E-state index contributed by atoms with van der Waals surface area (Å²) in [6, 6.07) is 11.9. The Balaban J connectivity index is 2.24. The van der Waals surface area contributed by atoms with Crippen molar-refractivity contribution in [3.63, 3.8) is 0 Å². The van der Waals surface area contributed by atoms with Gasteiger partial charge in [-0.15, -0.1) is 0 Å². The fourth-order valence-electron chi connectivity index (χ4n) is 2.97. The summed E-state index contributed by atoms with van der Waals surface area (Å²) >= 11 is 0. The van der Waals surface area contributed by atoms with Crippen LogP contribution in [0.3, 0.4) is 0 Å². The third kappa shape index (κ3) is 5.25. The average molecular weight is 405 g/mol. The van der Waals surface area contributed by atoms with Crippen molar-refractivity contribution in [2.75, 3.05) is 17.7 Å². The number of ether oxygens (including phenoxy) is 1. The first-order valence-corrected chi connectivity index (χ1v) is 11.0. The van der Waals surface area contributed by atoms with E-state index in [2.05, 4.69) is 5.32 Å². The summed E-state index contributed by atoms with van der Waals surface area (Å²) in [6.07, 6.45) is 1.48. The maximum absolute atomic E-state index is 12.8. The van der Waals surface area contributed by atoms with Crippen molar-refractivity contribution >= 4 is 21.6 Å². The van der Waals surface area contributed by atoms with E-state index in [9.17, 15) is 13.2 Å². The highest BCUT2D eigenvalue weighted by Gasteiger charge is 2.31. The quantitative estimate of drug-likeness (QED) is 0.733. The van der Waals surface area contributed by atoms with Crippen LogP contribution in [0.25, 0.3) is 0 Å². The number of nitrogens with one attached hydrogen (secondary N) is 1. The zero-order valence-electron chi connectivity index (χ0n) is 17.0. The van der Waals surface area contributed by atoms with E-state index in [0.717, 1.165) is 28.7 Å². The van der Waals surface area contributed by atoms with Gasteiger partial charge in [-0.3, -0.25) is 9.10 Å². The topological polar surface area (TPSA) is 75.7 Å². The summed E-state index contributed by atoms with van der Waals surface area (Å²) < 4.78 is 31.4. The molecule has 1 atom stereocenters. The molecule has 2 aromatic rings. The Morgan fingerprint density at radius 3 is 2.25 bits per heavy atom. The SMILES string of the molecule is CCC(C(=O)NCc1ccc(OC)cc1)N(c1ccc(C)c(C)c1)S(C)(=O)=O. The van der Waals surface area contributed by atoms with Crippen LogP contribution in [0.2, 0.25) is 0 Å². The highest BCUT2D eigenvalue weighted by Crippen LogP contribution is 2.25. The van der Waals surface area contributed by atoms with E-state index in [1.807, 2.05) is 44.2 Å². The number of hydrogen-bond acceptors (Lipinski definition) is 4. The molecule has 0 radical (unpaired) electrons. The molecule has 0 aliphatic carbocycles. The van der Waals surface area contributed by atoms with Crippen LogP contribution in [0.1, 0.15) is 30.0 Å². The van der Waals surface area contributed by atoms with Crippen LogP contribution in [-0.2, 0) is 21.4 Å². The summed E-state index contributed by atoms with van der Waals surface area (Å²) in [5, 5.41) is 2.85. The summed E-state index contributed by atoms with van der Waals surface area (Å²) in [5.74, 6) is 0.404. The van der Waals surface area contributed by atoms with E-state index >= 15 is 0 Å². The molecule has 0 saturated carbocycles. The Morgan fingerprint density at radius 2 is 1.75 bits per heavy atom. The normalized spacial score (nSPS) is 12.3. The average Bonchev–Trinajstić information content (AvgIpc) is 2.66. The molecule has 2 rings (SSSR count). The molecule has 6 nitrogen and oxygen atoms in total. The molecule has 0 spiro atoms. The molecule has 0 heterocycles. The molecular formula is C21H28N2O4S. The van der Waals surface area contributed by atoms with Crippen molar-refractivity contribution in [1.29, 1.82) is 0 Å². The predicted octanol–water partition coefficient (Wildman–Crippen LogP) is 3.17. The van der Waals surface area contributed by atoms with Gasteiger partial charge in [0.1, 0.15) is 11.8 Å². The minimum atomic E-state index is -3.64. The van der Waals surface area contributed by atoms with Gasteiger partial charge in [-0.25, -0.2) is 8.42 Å². The third-order valence-electron chi connectivity index (χ3n) is 4.70. The number of rotatable bonds is 8. The van der Waals surface area contributed by atoms with Crippen molar-refractivity contribution in [3.8, 4) is 5.75 Å². The Hall–Kier alpha value is -2.54. The monoisotopic (exact) mass is 404 g/mol. The highest BCUT2D eigenvalue weighted by molar-refractivity contribution is 7.92. The molecule has 7 heteroatoms. The Bertz CT molecular complexity index is 924. The molecule has 28 heavy (non-hydrogen) atoms. The lowest BCUT2D eigenvalue weighted by Gasteiger charge is -2.30. The molecule has 0 fully saturated rings. The van der Waals surface area contributed by atoms with E-state index in [1.165, 1.54) is 4.31 Å². The lowest BCUT2D eigenvalue weighted by molar-refractivity contribution is -0.122. The summed E-state index contributed by atoms with van der Waals surface area (Å²) in [5.41, 5.74) is 3.44. The maximum Gasteiger partial charge on any atom is 0.244 e. The number of carbonyl (C=O) groups excluding carboxylic acids is 1. The number of amides is 1. The van der Waals surface area contributed by atoms with Crippen LogP contribution < -0.4 is 14.4 Å². The number of aryl methyl sites for hydroxylation is 2. The molecule has 1 unspecified atom stereocenters. The molecule has 0 aliphatic rings. The molecule has 152 valence electrons. The predicted molar refractivity (Wildman–Crippen MR) is 112 cm³/mol. The van der Waals surface area contributed by atoms with Crippen LogP contribution in [0.4, 0.5) is 5.69 Å². The van der Waals surface area contributed by atoms with Gasteiger partial charge < -0.3 is 10.1 Å². The molecule has 2 aromatic carbocycles. The Morgan fingerprint density at radius 1 is 1.11 bits per heavy atom. The first-order chi connectivity index (χ1) is 13.2. The van der Waals surface area contributed by atoms with Crippen molar-refractivity contribution in [1.82, 2.24) is 5.32 Å². The first kappa shape index (κ1) is 21.8. The van der Waals surface area contributed by atoms with Gasteiger partial charge in [-0.2, -0.15) is 0 Å². The maximum atomic E-state index is 12.8. The number of nitrogens with zero attached hydrogens (tertiary/aromatic N) is 1. The zero-order chi connectivity index (χ0) is 20.9. The van der Waals surface area contributed by atoms with E-state index in [0.29, 0.717) is 18.7 Å². The fraction of sp³-hybridized carbons (Fsp3) is 0.381. The number of hydrogen-bond donors (Lipinski definition) is 1. The smallest absolute Gasteiger partial charge is 0.244 e. The zero-order valence-corrected chi connectivity index (χ0v) is 17.8. The molecule has 0 saturated heterocycles. The Labute approximate surface area is 167 Å². The molecule has 0 aliphatic heterocycles.